The van der Waals surface area contributed by atoms with E-state index in [1.165, 1.54) is 6.20 Å². The minimum absolute atomic E-state index is 0.0741. The van der Waals surface area contributed by atoms with E-state index in [9.17, 15) is 4.79 Å². The summed E-state index contributed by atoms with van der Waals surface area (Å²) in [6.45, 7) is 3.80. The first-order chi connectivity index (χ1) is 12.0. The van der Waals surface area contributed by atoms with Gasteiger partial charge in [0.15, 0.2) is 0 Å². The minimum atomic E-state index is -0.295. The second-order valence-electron chi connectivity index (χ2n) is 5.93. The van der Waals surface area contributed by atoms with Crippen LogP contribution in [0, 0.1) is 0 Å². The molecule has 1 aromatic carbocycles. The third-order valence-electron chi connectivity index (χ3n) is 4.25. The Bertz CT molecular complexity index is 722. The monoisotopic (exact) mass is 379 g/mol. The summed E-state index contributed by atoms with van der Waals surface area (Å²) in [4.78, 5) is 18.7. The van der Waals surface area contributed by atoms with Crippen LogP contribution in [0.4, 0.5) is 5.82 Å². The van der Waals surface area contributed by atoms with E-state index < -0.39 is 0 Å². The third kappa shape index (κ3) is 4.70. The number of carbonyl (C=O) groups is 1. The average molecular weight is 380 g/mol. The molecule has 3 rings (SSSR count). The molecule has 1 saturated heterocycles. The van der Waals surface area contributed by atoms with Crippen molar-refractivity contribution in [1.82, 2.24) is 9.88 Å². The molecule has 132 valence electrons. The van der Waals surface area contributed by atoms with Crippen molar-refractivity contribution in [2.24, 2.45) is 0 Å². The number of hydrogen-bond acceptors (Lipinski definition) is 4. The van der Waals surface area contributed by atoms with Crippen LogP contribution in [0.1, 0.15) is 18.6 Å². The summed E-state index contributed by atoms with van der Waals surface area (Å²) in [7, 11) is 0. The first kappa shape index (κ1) is 18.1. The predicted octanol–water partition coefficient (Wildman–Crippen LogP) is 3.79. The van der Waals surface area contributed by atoms with Crippen LogP contribution >= 0.6 is 23.2 Å². The first-order valence-electron chi connectivity index (χ1n) is 8.06. The molecular weight excluding hydrogens is 361 g/mol. The minimum Gasteiger partial charge on any atom is -0.371 e. The molecule has 0 bridgehead atoms. The molecule has 0 unspecified atom stereocenters. The second-order valence-corrected chi connectivity index (χ2v) is 6.81. The lowest BCUT2D eigenvalue weighted by Crippen LogP contribution is -2.48. The number of pyridine rings is 1. The Morgan fingerprint density at radius 2 is 1.96 bits per heavy atom. The van der Waals surface area contributed by atoms with E-state index in [-0.39, 0.29) is 18.1 Å². The van der Waals surface area contributed by atoms with Crippen molar-refractivity contribution in [2.75, 3.05) is 25.0 Å². The summed E-state index contributed by atoms with van der Waals surface area (Å²) in [5.74, 6) is 0.385. The van der Waals surface area contributed by atoms with Crippen LogP contribution in [0.3, 0.4) is 0 Å². The number of aromatic nitrogens is 1. The van der Waals surface area contributed by atoms with Gasteiger partial charge in [-0.15, -0.1) is 0 Å². The first-order valence-corrected chi connectivity index (χ1v) is 8.82. The molecule has 7 heteroatoms. The fourth-order valence-electron chi connectivity index (χ4n) is 2.75. The summed E-state index contributed by atoms with van der Waals surface area (Å²) in [6.07, 6.45) is 1.43. The van der Waals surface area contributed by atoms with Gasteiger partial charge >= 0.3 is 0 Å². The van der Waals surface area contributed by atoms with Gasteiger partial charge in [0.05, 0.1) is 23.8 Å². The summed E-state index contributed by atoms with van der Waals surface area (Å²) in [6, 6.07) is 10.7. The zero-order valence-electron chi connectivity index (χ0n) is 13.8. The summed E-state index contributed by atoms with van der Waals surface area (Å²) in [5.41, 5.74) is 1.06. The molecule has 5 nitrogen and oxygen atoms in total. The molecule has 1 aromatic heterocycles. The molecule has 1 aliphatic heterocycles. The second kappa shape index (κ2) is 8.15. The van der Waals surface area contributed by atoms with E-state index >= 15 is 0 Å². The number of carbonyl (C=O) groups excluding carboxylic acids is 1. The maximum absolute atomic E-state index is 12.5. The maximum Gasteiger partial charge on any atom is 0.242 e. The molecule has 25 heavy (non-hydrogen) atoms. The van der Waals surface area contributed by atoms with Gasteiger partial charge in [-0.25, -0.2) is 4.98 Å². The summed E-state index contributed by atoms with van der Waals surface area (Å²) in [5, 5.41) is 4.05. The van der Waals surface area contributed by atoms with Crippen LogP contribution in [0.25, 0.3) is 0 Å². The zero-order valence-corrected chi connectivity index (χ0v) is 15.3. The van der Waals surface area contributed by atoms with Crippen LogP contribution in [0.2, 0.25) is 10.0 Å². The predicted molar refractivity (Wildman–Crippen MR) is 99.1 cm³/mol. The molecule has 1 fully saturated rings. The van der Waals surface area contributed by atoms with Crippen molar-refractivity contribution < 1.29 is 9.53 Å². The molecule has 0 saturated carbocycles. The Hall–Kier alpha value is -1.66. The van der Waals surface area contributed by atoms with E-state index in [0.29, 0.717) is 35.6 Å². The van der Waals surface area contributed by atoms with Crippen LogP contribution < -0.4 is 5.32 Å². The largest absolute Gasteiger partial charge is 0.371 e. The highest BCUT2D eigenvalue weighted by Crippen LogP contribution is 2.25. The van der Waals surface area contributed by atoms with Crippen LogP contribution in [0.15, 0.2) is 42.6 Å². The Balaban J connectivity index is 1.62. The molecule has 2 heterocycles. The number of nitrogens with zero attached hydrogens (tertiary/aromatic N) is 2. The number of hydrogen-bond donors (Lipinski definition) is 1. The van der Waals surface area contributed by atoms with Gasteiger partial charge in [0.25, 0.3) is 0 Å². The molecule has 1 N–H and O–H groups in total. The number of anilines is 1. The molecule has 0 radical (unpaired) electrons. The van der Waals surface area contributed by atoms with E-state index in [4.69, 9.17) is 27.9 Å². The summed E-state index contributed by atoms with van der Waals surface area (Å²) < 4.78 is 5.85. The maximum atomic E-state index is 12.5. The Kier molecular flexibility index (Phi) is 5.91. The number of benzene rings is 1. The van der Waals surface area contributed by atoms with E-state index in [1.54, 1.807) is 12.1 Å². The van der Waals surface area contributed by atoms with Gasteiger partial charge in [0, 0.05) is 24.3 Å². The normalized spacial score (nSPS) is 19.4. The van der Waals surface area contributed by atoms with Crippen molar-refractivity contribution in [3.05, 3.63) is 58.2 Å². The van der Waals surface area contributed by atoms with E-state index in [2.05, 4.69) is 15.2 Å². The molecule has 2 atom stereocenters. The fraction of sp³-hybridized carbons (Fsp3) is 0.333. The fourth-order valence-corrected chi connectivity index (χ4v) is 2.98. The Morgan fingerprint density at radius 1 is 1.24 bits per heavy atom. The SMILES string of the molecule is C[C@H](C(=O)Nc1ccc(Cl)cn1)N1CCO[C@@H](c2ccc(Cl)cc2)C1. The van der Waals surface area contributed by atoms with Gasteiger partial charge in [-0.2, -0.15) is 0 Å². The van der Waals surface area contributed by atoms with Crippen molar-refractivity contribution in [3.63, 3.8) is 0 Å². The number of amides is 1. The van der Waals surface area contributed by atoms with Crippen molar-refractivity contribution >= 4 is 34.9 Å². The number of morpholine rings is 1. The molecular formula is C18H19Cl2N3O2. The van der Waals surface area contributed by atoms with Crippen LogP contribution in [-0.4, -0.2) is 41.5 Å². The van der Waals surface area contributed by atoms with Crippen LogP contribution in [-0.2, 0) is 9.53 Å². The Morgan fingerprint density at radius 3 is 2.64 bits per heavy atom. The van der Waals surface area contributed by atoms with Gasteiger partial charge in [0.1, 0.15) is 5.82 Å². The van der Waals surface area contributed by atoms with Crippen molar-refractivity contribution in [3.8, 4) is 0 Å². The molecule has 0 aliphatic carbocycles. The summed E-state index contributed by atoms with van der Waals surface area (Å²) >= 11 is 11.8. The molecule has 1 aliphatic rings. The van der Waals surface area contributed by atoms with Gasteiger partial charge in [-0.3, -0.25) is 9.69 Å². The lowest BCUT2D eigenvalue weighted by Gasteiger charge is -2.36. The molecule has 1 amide bonds. The van der Waals surface area contributed by atoms with Gasteiger partial charge in [-0.05, 0) is 36.8 Å². The number of ether oxygens (including phenoxy) is 1. The van der Waals surface area contributed by atoms with E-state index in [1.807, 2.05) is 31.2 Å². The van der Waals surface area contributed by atoms with Crippen LogP contribution in [0.5, 0.6) is 0 Å². The van der Waals surface area contributed by atoms with Crippen molar-refractivity contribution in [1.29, 1.82) is 0 Å². The van der Waals surface area contributed by atoms with Gasteiger partial charge in [0.2, 0.25) is 5.91 Å². The standard InChI is InChI=1S/C18H19Cl2N3O2/c1-12(18(24)22-17-7-6-15(20)10-21-17)23-8-9-25-16(11-23)13-2-4-14(19)5-3-13/h2-7,10,12,16H,8-9,11H2,1H3,(H,21,22,24)/t12-,16-/m1/s1. The lowest BCUT2D eigenvalue weighted by atomic mass is 10.1. The highest BCUT2D eigenvalue weighted by molar-refractivity contribution is 6.30. The Labute approximate surface area is 156 Å². The van der Waals surface area contributed by atoms with E-state index in [0.717, 1.165) is 5.56 Å². The number of halogens is 2. The lowest BCUT2D eigenvalue weighted by molar-refractivity contribution is -0.124. The average Bonchev–Trinajstić information content (AvgIpc) is 2.63. The topological polar surface area (TPSA) is 54.5 Å². The zero-order chi connectivity index (χ0) is 17.8. The van der Waals surface area contributed by atoms with Gasteiger partial charge < -0.3 is 10.1 Å². The number of nitrogens with one attached hydrogen (secondary N) is 1. The third-order valence-corrected chi connectivity index (χ3v) is 4.72. The molecule has 2 aromatic rings. The smallest absolute Gasteiger partial charge is 0.242 e. The van der Waals surface area contributed by atoms with Gasteiger partial charge in [-0.1, -0.05) is 35.3 Å². The quantitative estimate of drug-likeness (QED) is 0.877. The van der Waals surface area contributed by atoms with Crippen molar-refractivity contribution in [2.45, 2.75) is 19.1 Å². The number of rotatable bonds is 4. The highest BCUT2D eigenvalue weighted by atomic mass is 35.5. The molecule has 0 spiro atoms. The highest BCUT2D eigenvalue weighted by Gasteiger charge is 2.28.